The summed E-state index contributed by atoms with van der Waals surface area (Å²) in [4.78, 5) is 4.37. The van der Waals surface area contributed by atoms with Gasteiger partial charge in [-0.3, -0.25) is 0 Å². The highest BCUT2D eigenvalue weighted by Gasteiger charge is 2.14. The largest absolute Gasteiger partial charge is 0.497 e. The molecule has 0 saturated heterocycles. The molecule has 0 radical (unpaired) electrons. The van der Waals surface area contributed by atoms with Crippen LogP contribution < -0.4 is 10.5 Å². The second-order valence-corrected chi connectivity index (χ2v) is 5.65. The molecule has 0 bridgehead atoms. The summed E-state index contributed by atoms with van der Waals surface area (Å²) < 4.78 is 18.5. The number of nitrogens with two attached hydrogens (primary N) is 1. The Bertz CT molecular complexity index is 940. The van der Waals surface area contributed by atoms with Crippen molar-refractivity contribution < 1.29 is 13.9 Å². The first kappa shape index (κ1) is 21.2. The smallest absolute Gasteiger partial charge is 0.231 e. The van der Waals surface area contributed by atoms with Gasteiger partial charge in [-0.15, -0.1) is 5.10 Å². The van der Waals surface area contributed by atoms with Gasteiger partial charge in [-0.25, -0.2) is 9.50 Å². The Morgan fingerprint density at radius 3 is 2.82 bits per heavy atom. The number of rotatable bonds is 8. The zero-order chi connectivity index (χ0) is 20.5. The Labute approximate surface area is 165 Å². The van der Waals surface area contributed by atoms with Crippen LogP contribution >= 0.6 is 0 Å². The Morgan fingerprint density at radius 2 is 2.14 bits per heavy atom. The molecule has 0 aromatic carbocycles. The maximum atomic E-state index is 5.90. The Hall–Kier alpha value is -3.06. The lowest BCUT2D eigenvalue weighted by Gasteiger charge is -2.05. The van der Waals surface area contributed by atoms with Gasteiger partial charge in [0.1, 0.15) is 17.2 Å². The molecular formula is C21H28N4O3. The van der Waals surface area contributed by atoms with E-state index in [0.717, 1.165) is 23.4 Å². The second kappa shape index (κ2) is 10.3. The number of ether oxygens (including phenoxy) is 2. The summed E-state index contributed by atoms with van der Waals surface area (Å²) in [6.45, 7) is 10.7. The predicted molar refractivity (Wildman–Crippen MR) is 111 cm³/mol. The van der Waals surface area contributed by atoms with Crippen LogP contribution in [0.25, 0.3) is 23.2 Å². The van der Waals surface area contributed by atoms with Crippen LogP contribution in [0.3, 0.4) is 0 Å². The first-order valence-electron chi connectivity index (χ1n) is 9.33. The van der Waals surface area contributed by atoms with Gasteiger partial charge in [0.2, 0.25) is 5.88 Å². The maximum absolute atomic E-state index is 5.90. The van der Waals surface area contributed by atoms with Crippen LogP contribution in [-0.2, 0) is 4.74 Å². The minimum Gasteiger partial charge on any atom is -0.497 e. The molecule has 7 heteroatoms. The monoisotopic (exact) mass is 384 g/mol. The van der Waals surface area contributed by atoms with Crippen molar-refractivity contribution >= 4 is 11.7 Å². The fraction of sp³-hybridized carbons (Fsp3) is 0.333. The van der Waals surface area contributed by atoms with Gasteiger partial charge in [-0.05, 0) is 44.2 Å². The number of allylic oxidation sites excluding steroid dienone is 1. The maximum Gasteiger partial charge on any atom is 0.231 e. The lowest BCUT2D eigenvalue weighted by atomic mass is 10.2. The topological polar surface area (TPSA) is 87.8 Å². The second-order valence-electron chi connectivity index (χ2n) is 5.65. The van der Waals surface area contributed by atoms with E-state index < -0.39 is 0 Å². The number of fused-ring (bicyclic) bond motifs is 1. The average Bonchev–Trinajstić information content (AvgIpc) is 3.30. The molecule has 0 aliphatic rings. The Morgan fingerprint density at radius 1 is 1.36 bits per heavy atom. The standard InChI is InChI=1S/C19H22N4O3.C2H6/c1-4-15(24-3)10-14-11-17(26-13(14)2)16-12-21-18-6-7-19(22-23(16)18)25-9-5-8-20;1-2/h4,6-7,10-12H,1,5,8-9,20H2,2-3H3;1-2H3/b15-10+;. The van der Waals surface area contributed by atoms with Gasteiger partial charge < -0.3 is 19.6 Å². The van der Waals surface area contributed by atoms with Gasteiger partial charge in [-0.1, -0.05) is 20.4 Å². The Balaban J connectivity index is 0.00000136. The van der Waals surface area contributed by atoms with E-state index in [2.05, 4.69) is 16.7 Å². The summed E-state index contributed by atoms with van der Waals surface area (Å²) in [6.07, 6.45) is 6.01. The summed E-state index contributed by atoms with van der Waals surface area (Å²) in [5.74, 6) is 2.60. The lowest BCUT2D eigenvalue weighted by Crippen LogP contribution is -2.07. The van der Waals surface area contributed by atoms with Crippen LogP contribution in [0.1, 0.15) is 31.6 Å². The fourth-order valence-corrected chi connectivity index (χ4v) is 2.48. The van der Waals surface area contributed by atoms with E-state index >= 15 is 0 Å². The minimum atomic E-state index is 0.516. The van der Waals surface area contributed by atoms with Crippen LogP contribution in [0.2, 0.25) is 0 Å². The third-order valence-electron chi connectivity index (χ3n) is 3.88. The first-order valence-corrected chi connectivity index (χ1v) is 9.33. The summed E-state index contributed by atoms with van der Waals surface area (Å²) in [5.41, 5.74) is 7.84. The minimum absolute atomic E-state index is 0.516. The SMILES string of the molecule is C=C/C(=C\c1cc(-c2cnc3ccc(OCCCN)nn23)oc1C)OC.CC. The highest BCUT2D eigenvalue weighted by Crippen LogP contribution is 2.28. The van der Waals surface area contributed by atoms with Crippen molar-refractivity contribution in [1.82, 2.24) is 14.6 Å². The predicted octanol–water partition coefficient (Wildman–Crippen LogP) is 4.22. The van der Waals surface area contributed by atoms with E-state index in [0.29, 0.717) is 36.2 Å². The molecule has 0 atom stereocenters. The summed E-state index contributed by atoms with van der Waals surface area (Å²) in [5, 5.41) is 4.49. The molecule has 0 spiro atoms. The summed E-state index contributed by atoms with van der Waals surface area (Å²) in [6, 6.07) is 5.57. The van der Waals surface area contributed by atoms with Gasteiger partial charge in [0.05, 0.1) is 19.9 Å². The van der Waals surface area contributed by atoms with Crippen molar-refractivity contribution in [3.8, 4) is 17.3 Å². The van der Waals surface area contributed by atoms with E-state index in [-0.39, 0.29) is 0 Å². The summed E-state index contributed by atoms with van der Waals surface area (Å²) in [7, 11) is 1.60. The van der Waals surface area contributed by atoms with Crippen molar-refractivity contribution in [3.63, 3.8) is 0 Å². The average molecular weight is 384 g/mol. The highest BCUT2D eigenvalue weighted by atomic mass is 16.5. The number of aryl methyl sites for hydroxylation is 1. The van der Waals surface area contributed by atoms with E-state index in [1.165, 1.54) is 0 Å². The van der Waals surface area contributed by atoms with Gasteiger partial charge in [0.15, 0.2) is 11.4 Å². The van der Waals surface area contributed by atoms with E-state index in [4.69, 9.17) is 19.6 Å². The number of methoxy groups -OCH3 is 1. The van der Waals surface area contributed by atoms with Crippen molar-refractivity contribution in [3.05, 3.63) is 54.1 Å². The molecule has 3 heterocycles. The highest BCUT2D eigenvalue weighted by molar-refractivity contribution is 5.65. The van der Waals surface area contributed by atoms with Crippen LogP contribution in [0.5, 0.6) is 5.88 Å². The molecule has 0 saturated carbocycles. The molecule has 0 amide bonds. The number of aromatic nitrogens is 3. The van der Waals surface area contributed by atoms with Crippen molar-refractivity contribution in [2.45, 2.75) is 27.2 Å². The molecule has 28 heavy (non-hydrogen) atoms. The first-order chi connectivity index (χ1) is 13.7. The van der Waals surface area contributed by atoms with E-state index in [1.54, 1.807) is 30.0 Å². The normalized spacial score (nSPS) is 11.1. The van der Waals surface area contributed by atoms with Crippen LogP contribution in [0.15, 0.2) is 47.2 Å². The number of hydrogen-bond acceptors (Lipinski definition) is 6. The molecular weight excluding hydrogens is 356 g/mol. The van der Waals surface area contributed by atoms with Crippen LogP contribution in [0.4, 0.5) is 0 Å². The Kier molecular flexibility index (Phi) is 7.83. The van der Waals surface area contributed by atoms with Gasteiger partial charge >= 0.3 is 0 Å². The molecule has 7 nitrogen and oxygen atoms in total. The fourth-order valence-electron chi connectivity index (χ4n) is 2.48. The van der Waals surface area contributed by atoms with Crippen molar-refractivity contribution in [2.24, 2.45) is 5.73 Å². The number of nitrogens with zero attached hydrogens (tertiary/aromatic N) is 3. The van der Waals surface area contributed by atoms with Crippen molar-refractivity contribution in [1.29, 1.82) is 0 Å². The number of imidazole rings is 1. The zero-order valence-corrected chi connectivity index (χ0v) is 16.9. The van der Waals surface area contributed by atoms with Crippen LogP contribution in [-0.4, -0.2) is 34.9 Å². The molecule has 2 N–H and O–H groups in total. The molecule has 0 fully saturated rings. The van der Waals surface area contributed by atoms with E-state index in [1.807, 2.05) is 39.0 Å². The summed E-state index contributed by atoms with van der Waals surface area (Å²) >= 11 is 0. The van der Waals surface area contributed by atoms with E-state index in [9.17, 15) is 0 Å². The third-order valence-corrected chi connectivity index (χ3v) is 3.88. The molecule has 3 aromatic heterocycles. The van der Waals surface area contributed by atoms with Gasteiger partial charge in [-0.2, -0.15) is 0 Å². The third kappa shape index (κ3) is 4.80. The molecule has 3 aromatic rings. The molecule has 0 aliphatic heterocycles. The molecule has 3 rings (SSSR count). The molecule has 0 unspecified atom stereocenters. The molecule has 150 valence electrons. The number of hydrogen-bond donors (Lipinski definition) is 1. The molecule has 0 aliphatic carbocycles. The van der Waals surface area contributed by atoms with Crippen molar-refractivity contribution in [2.75, 3.05) is 20.3 Å². The zero-order valence-electron chi connectivity index (χ0n) is 16.9. The lowest BCUT2D eigenvalue weighted by molar-refractivity contribution is 0.297. The van der Waals surface area contributed by atoms with Crippen LogP contribution in [0, 0.1) is 6.92 Å². The van der Waals surface area contributed by atoms with Gasteiger partial charge in [0, 0.05) is 11.6 Å². The number of furan rings is 1. The van der Waals surface area contributed by atoms with Gasteiger partial charge in [0.25, 0.3) is 0 Å². The quantitative estimate of drug-likeness (QED) is 0.355.